The van der Waals surface area contributed by atoms with Crippen molar-refractivity contribution in [1.82, 2.24) is 0 Å². The molecular formula is C11H14O3S. The lowest BCUT2D eigenvalue weighted by Crippen LogP contribution is -2.01. The van der Waals surface area contributed by atoms with E-state index in [1.165, 1.54) is 18.7 Å². The molecule has 0 atom stereocenters. The molecule has 0 aliphatic rings. The van der Waals surface area contributed by atoms with Crippen LogP contribution in [-0.4, -0.2) is 26.3 Å². The molecule has 1 aromatic carbocycles. The number of carbonyl (C=O) groups is 1. The molecule has 0 unspecified atom stereocenters. The van der Waals surface area contributed by atoms with Crippen molar-refractivity contribution in [2.45, 2.75) is 11.8 Å². The van der Waals surface area contributed by atoms with Gasteiger partial charge in [-0.3, -0.25) is 4.79 Å². The van der Waals surface area contributed by atoms with Gasteiger partial charge in [-0.1, -0.05) is 0 Å². The average Bonchev–Trinajstić information content (AvgIpc) is 2.26. The Balaban J connectivity index is 3.44. The highest BCUT2D eigenvalue weighted by molar-refractivity contribution is 7.98. The maximum atomic E-state index is 11.5. The van der Waals surface area contributed by atoms with Crippen LogP contribution in [0.3, 0.4) is 0 Å². The summed E-state index contributed by atoms with van der Waals surface area (Å²) in [5, 5.41) is 0. The van der Waals surface area contributed by atoms with Gasteiger partial charge in [-0.2, -0.15) is 0 Å². The van der Waals surface area contributed by atoms with Gasteiger partial charge in [0.15, 0.2) is 5.78 Å². The second-order valence-electron chi connectivity index (χ2n) is 2.93. The number of hydrogen-bond acceptors (Lipinski definition) is 4. The van der Waals surface area contributed by atoms with Crippen molar-refractivity contribution < 1.29 is 14.3 Å². The van der Waals surface area contributed by atoms with E-state index in [0.29, 0.717) is 17.1 Å². The summed E-state index contributed by atoms with van der Waals surface area (Å²) in [6.45, 7) is 1.52. The summed E-state index contributed by atoms with van der Waals surface area (Å²) in [7, 11) is 3.14. The number of benzene rings is 1. The first kappa shape index (κ1) is 11.9. The number of rotatable bonds is 4. The van der Waals surface area contributed by atoms with Gasteiger partial charge in [-0.25, -0.2) is 0 Å². The lowest BCUT2D eigenvalue weighted by Gasteiger charge is -2.13. The molecule has 0 amide bonds. The molecule has 82 valence electrons. The number of Topliss-reactive ketones (excluding diaryl/α,β-unsaturated/α-hetero) is 1. The van der Waals surface area contributed by atoms with Crippen LogP contribution in [0.2, 0.25) is 0 Å². The molecule has 0 saturated carbocycles. The maximum absolute atomic E-state index is 11.5. The summed E-state index contributed by atoms with van der Waals surface area (Å²) in [5.74, 6) is 1.27. The number of thioether (sulfide) groups is 1. The summed E-state index contributed by atoms with van der Waals surface area (Å²) in [6, 6.07) is 3.55. The van der Waals surface area contributed by atoms with E-state index in [0.717, 1.165) is 4.90 Å². The molecule has 0 fully saturated rings. The maximum Gasteiger partial charge on any atom is 0.164 e. The van der Waals surface area contributed by atoms with E-state index >= 15 is 0 Å². The summed E-state index contributed by atoms with van der Waals surface area (Å²) in [6.07, 6.45) is 1.91. The van der Waals surface area contributed by atoms with Gasteiger partial charge in [0.05, 0.1) is 24.7 Å². The lowest BCUT2D eigenvalue weighted by atomic mass is 10.1. The van der Waals surface area contributed by atoms with Crippen molar-refractivity contribution in [3.05, 3.63) is 17.7 Å². The third-order valence-electron chi connectivity index (χ3n) is 2.08. The molecular weight excluding hydrogens is 212 g/mol. The largest absolute Gasteiger partial charge is 0.496 e. The molecule has 1 rings (SSSR count). The van der Waals surface area contributed by atoms with Gasteiger partial charge < -0.3 is 9.47 Å². The van der Waals surface area contributed by atoms with Crippen LogP contribution in [0.4, 0.5) is 0 Å². The van der Waals surface area contributed by atoms with Crippen LogP contribution < -0.4 is 9.47 Å². The lowest BCUT2D eigenvalue weighted by molar-refractivity contribution is 0.101. The fourth-order valence-corrected chi connectivity index (χ4v) is 2.21. The summed E-state index contributed by atoms with van der Waals surface area (Å²) < 4.78 is 10.4. The fourth-order valence-electron chi connectivity index (χ4n) is 1.41. The minimum Gasteiger partial charge on any atom is -0.496 e. The minimum atomic E-state index is -0.0184. The Morgan fingerprint density at radius 1 is 1.20 bits per heavy atom. The molecule has 0 spiro atoms. The van der Waals surface area contributed by atoms with Crippen molar-refractivity contribution in [2.24, 2.45) is 0 Å². The first-order valence-corrected chi connectivity index (χ1v) is 5.68. The molecule has 0 radical (unpaired) electrons. The Bertz CT molecular complexity index is 374. The van der Waals surface area contributed by atoms with Gasteiger partial charge in [-0.05, 0) is 25.3 Å². The van der Waals surface area contributed by atoms with E-state index in [1.54, 1.807) is 26.4 Å². The van der Waals surface area contributed by atoms with Crippen LogP contribution in [0.5, 0.6) is 11.5 Å². The molecule has 0 heterocycles. The Hall–Kier alpha value is -1.16. The molecule has 0 aromatic heterocycles. The number of hydrogen-bond donors (Lipinski definition) is 0. The average molecular weight is 226 g/mol. The molecule has 1 aromatic rings. The molecule has 0 N–H and O–H groups in total. The van der Waals surface area contributed by atoms with Gasteiger partial charge in [-0.15, -0.1) is 11.8 Å². The first-order valence-electron chi connectivity index (χ1n) is 4.45. The van der Waals surface area contributed by atoms with E-state index < -0.39 is 0 Å². The Morgan fingerprint density at radius 2 is 1.73 bits per heavy atom. The summed E-state index contributed by atoms with van der Waals surface area (Å²) in [4.78, 5) is 12.3. The quantitative estimate of drug-likeness (QED) is 0.584. The molecule has 0 saturated heterocycles. The number of carbonyl (C=O) groups excluding carboxylic acids is 1. The van der Waals surface area contributed by atoms with Crippen LogP contribution in [0.1, 0.15) is 17.3 Å². The number of ketones is 1. The predicted octanol–water partition coefficient (Wildman–Crippen LogP) is 2.63. The Labute approximate surface area is 93.8 Å². The zero-order valence-corrected chi connectivity index (χ0v) is 10.1. The van der Waals surface area contributed by atoms with Crippen molar-refractivity contribution in [3.8, 4) is 11.5 Å². The van der Waals surface area contributed by atoms with Crippen molar-refractivity contribution in [2.75, 3.05) is 20.5 Å². The Kier molecular flexibility index (Phi) is 4.03. The normalized spacial score (nSPS) is 9.87. The topological polar surface area (TPSA) is 35.5 Å². The SMILES string of the molecule is COc1ccc(OC)c(C(C)=O)c1SC. The molecule has 3 nitrogen and oxygen atoms in total. The van der Waals surface area contributed by atoms with E-state index in [2.05, 4.69) is 0 Å². The van der Waals surface area contributed by atoms with E-state index in [9.17, 15) is 4.79 Å². The van der Waals surface area contributed by atoms with Crippen molar-refractivity contribution in [3.63, 3.8) is 0 Å². The highest BCUT2D eigenvalue weighted by Gasteiger charge is 2.17. The van der Waals surface area contributed by atoms with Gasteiger partial charge in [0.2, 0.25) is 0 Å². The van der Waals surface area contributed by atoms with Crippen molar-refractivity contribution in [1.29, 1.82) is 0 Å². The van der Waals surface area contributed by atoms with Gasteiger partial charge in [0.25, 0.3) is 0 Å². The van der Waals surface area contributed by atoms with Crippen LogP contribution in [0.15, 0.2) is 17.0 Å². The van der Waals surface area contributed by atoms with E-state index in [4.69, 9.17) is 9.47 Å². The van der Waals surface area contributed by atoms with Gasteiger partial charge in [0.1, 0.15) is 11.5 Å². The molecule has 0 aliphatic heterocycles. The van der Waals surface area contributed by atoms with Gasteiger partial charge >= 0.3 is 0 Å². The number of methoxy groups -OCH3 is 2. The zero-order valence-electron chi connectivity index (χ0n) is 9.29. The third-order valence-corrected chi connectivity index (χ3v) is 2.89. The third kappa shape index (κ3) is 2.26. The van der Waals surface area contributed by atoms with Crippen LogP contribution in [0.25, 0.3) is 0 Å². The van der Waals surface area contributed by atoms with Crippen molar-refractivity contribution >= 4 is 17.5 Å². The standard InChI is InChI=1S/C11H14O3S/c1-7(12)10-8(13-2)5-6-9(14-3)11(10)15-4/h5-6H,1-4H3. The Morgan fingerprint density at radius 3 is 2.13 bits per heavy atom. The number of ether oxygens (including phenoxy) is 2. The fraction of sp³-hybridized carbons (Fsp3) is 0.364. The highest BCUT2D eigenvalue weighted by atomic mass is 32.2. The molecule has 4 heteroatoms. The molecule has 0 bridgehead atoms. The summed E-state index contributed by atoms with van der Waals surface area (Å²) >= 11 is 1.48. The van der Waals surface area contributed by atoms with Crippen LogP contribution in [-0.2, 0) is 0 Å². The monoisotopic (exact) mass is 226 g/mol. The first-order chi connectivity index (χ1) is 7.15. The predicted molar refractivity (Wildman–Crippen MR) is 61.3 cm³/mol. The van der Waals surface area contributed by atoms with Crippen LogP contribution in [0, 0.1) is 0 Å². The second-order valence-corrected chi connectivity index (χ2v) is 3.75. The minimum absolute atomic E-state index is 0.0184. The highest BCUT2D eigenvalue weighted by Crippen LogP contribution is 2.36. The smallest absolute Gasteiger partial charge is 0.164 e. The second kappa shape index (κ2) is 5.07. The van der Waals surface area contributed by atoms with E-state index in [-0.39, 0.29) is 5.78 Å². The molecule has 15 heavy (non-hydrogen) atoms. The molecule has 0 aliphatic carbocycles. The van der Waals surface area contributed by atoms with E-state index in [1.807, 2.05) is 6.26 Å². The van der Waals surface area contributed by atoms with Crippen LogP contribution >= 0.6 is 11.8 Å². The zero-order chi connectivity index (χ0) is 11.4. The van der Waals surface area contributed by atoms with Gasteiger partial charge in [0, 0.05) is 0 Å². The summed E-state index contributed by atoms with van der Waals surface area (Å²) in [5.41, 5.74) is 0.587.